The minimum absolute atomic E-state index is 0.158. The Morgan fingerprint density at radius 1 is 1.05 bits per heavy atom. The van der Waals surface area contributed by atoms with Gasteiger partial charge in [-0.15, -0.1) is 0 Å². The van der Waals surface area contributed by atoms with Crippen molar-refractivity contribution in [3.05, 3.63) is 41.6 Å². The second-order valence-corrected chi connectivity index (χ2v) is 4.01. The van der Waals surface area contributed by atoms with E-state index in [9.17, 15) is 9.59 Å². The Morgan fingerprint density at radius 3 is 2.00 bits per heavy atom. The smallest absolute Gasteiger partial charge is 0.347 e. The molecule has 1 rings (SSSR count). The summed E-state index contributed by atoms with van der Waals surface area (Å²) in [6.07, 6.45) is 1.31. The van der Waals surface area contributed by atoms with Gasteiger partial charge in [-0.3, -0.25) is 0 Å². The molecule has 0 aliphatic rings. The van der Waals surface area contributed by atoms with Crippen LogP contribution in [0.25, 0.3) is 0 Å². The molecule has 0 atom stereocenters. The van der Waals surface area contributed by atoms with E-state index < -0.39 is 11.9 Å². The van der Waals surface area contributed by atoms with Crippen LogP contribution in [0.4, 0.5) is 5.69 Å². The van der Waals surface area contributed by atoms with Gasteiger partial charge in [-0.05, 0) is 32.9 Å². The van der Waals surface area contributed by atoms with Gasteiger partial charge in [-0.25, -0.2) is 9.59 Å². The molecular formula is C15H19NO4. The van der Waals surface area contributed by atoms with Crippen LogP contribution >= 0.6 is 0 Å². The molecular weight excluding hydrogens is 258 g/mol. The van der Waals surface area contributed by atoms with Crippen molar-refractivity contribution in [2.45, 2.75) is 20.8 Å². The van der Waals surface area contributed by atoms with Crippen LogP contribution in [0.5, 0.6) is 0 Å². The summed E-state index contributed by atoms with van der Waals surface area (Å²) in [5, 5.41) is 2.89. The molecule has 5 nitrogen and oxygen atoms in total. The molecule has 0 fully saturated rings. The van der Waals surface area contributed by atoms with Crippen molar-refractivity contribution in [2.24, 2.45) is 0 Å². The molecule has 0 unspecified atom stereocenters. The molecule has 0 amide bonds. The molecule has 0 aromatic heterocycles. The predicted molar refractivity (Wildman–Crippen MR) is 76.2 cm³/mol. The quantitative estimate of drug-likeness (QED) is 0.374. The van der Waals surface area contributed by atoms with Crippen molar-refractivity contribution < 1.29 is 19.1 Å². The number of aryl methyl sites for hydroxylation is 1. The molecule has 0 heterocycles. The number of benzene rings is 1. The summed E-state index contributed by atoms with van der Waals surface area (Å²) in [4.78, 5) is 23.4. The van der Waals surface area contributed by atoms with E-state index >= 15 is 0 Å². The molecule has 0 aliphatic carbocycles. The first kappa shape index (κ1) is 15.8. The van der Waals surface area contributed by atoms with Gasteiger partial charge in [0, 0.05) is 11.9 Å². The molecule has 0 radical (unpaired) electrons. The third-order valence-corrected chi connectivity index (χ3v) is 2.43. The van der Waals surface area contributed by atoms with Crippen molar-refractivity contribution in [3.63, 3.8) is 0 Å². The second-order valence-electron chi connectivity index (χ2n) is 4.01. The van der Waals surface area contributed by atoms with Gasteiger partial charge in [0.15, 0.2) is 5.57 Å². The van der Waals surface area contributed by atoms with E-state index in [0.717, 1.165) is 11.3 Å². The minimum Gasteiger partial charge on any atom is -0.462 e. The molecule has 20 heavy (non-hydrogen) atoms. The number of esters is 2. The lowest BCUT2D eigenvalue weighted by molar-refractivity contribution is -0.146. The maximum absolute atomic E-state index is 11.7. The van der Waals surface area contributed by atoms with E-state index in [1.54, 1.807) is 13.8 Å². The highest BCUT2D eigenvalue weighted by molar-refractivity contribution is 6.14. The molecule has 108 valence electrons. The fourth-order valence-corrected chi connectivity index (χ4v) is 1.42. The molecule has 0 saturated carbocycles. The summed E-state index contributed by atoms with van der Waals surface area (Å²) >= 11 is 0. The lowest BCUT2D eigenvalue weighted by atomic mass is 10.2. The van der Waals surface area contributed by atoms with Crippen molar-refractivity contribution in [1.29, 1.82) is 0 Å². The molecule has 1 aromatic rings. The van der Waals surface area contributed by atoms with Crippen LogP contribution in [-0.2, 0) is 19.1 Å². The summed E-state index contributed by atoms with van der Waals surface area (Å²) in [6.45, 7) is 5.71. The first-order valence-corrected chi connectivity index (χ1v) is 6.46. The second kappa shape index (κ2) is 7.99. The van der Waals surface area contributed by atoms with Gasteiger partial charge in [-0.2, -0.15) is 0 Å². The molecule has 0 bridgehead atoms. The maximum atomic E-state index is 11.7. The minimum atomic E-state index is -0.703. The van der Waals surface area contributed by atoms with Crippen molar-refractivity contribution in [3.8, 4) is 0 Å². The normalized spacial score (nSPS) is 9.55. The van der Waals surface area contributed by atoms with Crippen molar-refractivity contribution in [1.82, 2.24) is 0 Å². The van der Waals surface area contributed by atoms with Crippen LogP contribution in [0.1, 0.15) is 19.4 Å². The summed E-state index contributed by atoms with van der Waals surface area (Å²) in [5.41, 5.74) is 1.73. The van der Waals surface area contributed by atoms with E-state index in [1.165, 1.54) is 6.20 Å². The van der Waals surface area contributed by atoms with Crippen LogP contribution in [-0.4, -0.2) is 25.2 Å². The van der Waals surface area contributed by atoms with Gasteiger partial charge in [0.1, 0.15) is 0 Å². The lowest BCUT2D eigenvalue weighted by Gasteiger charge is -2.07. The van der Waals surface area contributed by atoms with Gasteiger partial charge < -0.3 is 14.8 Å². The SMILES string of the molecule is CCOC(=O)C(=CNc1ccc(C)cc1)C(=O)OCC. The Kier molecular flexibility index (Phi) is 6.29. The molecule has 0 saturated heterocycles. The Hall–Kier alpha value is -2.30. The van der Waals surface area contributed by atoms with Crippen LogP contribution in [0.15, 0.2) is 36.0 Å². The molecule has 0 aliphatic heterocycles. The molecule has 1 aromatic carbocycles. The lowest BCUT2D eigenvalue weighted by Crippen LogP contribution is -2.19. The number of hydrogen-bond donors (Lipinski definition) is 1. The highest BCUT2D eigenvalue weighted by atomic mass is 16.6. The Balaban J connectivity index is 2.86. The van der Waals surface area contributed by atoms with Crippen molar-refractivity contribution in [2.75, 3.05) is 18.5 Å². The summed E-state index contributed by atoms with van der Waals surface area (Å²) < 4.78 is 9.66. The predicted octanol–water partition coefficient (Wildman–Crippen LogP) is 2.42. The number of anilines is 1. The first-order valence-electron chi connectivity index (χ1n) is 6.46. The zero-order valence-electron chi connectivity index (χ0n) is 11.9. The molecule has 5 heteroatoms. The third kappa shape index (κ3) is 4.76. The Labute approximate surface area is 118 Å². The topological polar surface area (TPSA) is 64.6 Å². The maximum Gasteiger partial charge on any atom is 0.347 e. The number of carbonyl (C=O) groups is 2. The summed E-state index contributed by atoms with van der Waals surface area (Å²) in [6, 6.07) is 7.54. The molecule has 1 N–H and O–H groups in total. The van der Waals surface area contributed by atoms with Gasteiger partial charge >= 0.3 is 11.9 Å². The number of hydrogen-bond acceptors (Lipinski definition) is 5. The van der Waals surface area contributed by atoms with Crippen LogP contribution in [0, 0.1) is 6.92 Å². The van der Waals surface area contributed by atoms with Crippen molar-refractivity contribution >= 4 is 17.6 Å². The number of ether oxygens (including phenoxy) is 2. The van der Waals surface area contributed by atoms with Crippen LogP contribution in [0.3, 0.4) is 0 Å². The van der Waals surface area contributed by atoms with E-state index in [1.807, 2.05) is 31.2 Å². The zero-order valence-corrected chi connectivity index (χ0v) is 11.9. The molecule has 0 spiro atoms. The summed E-state index contributed by atoms with van der Waals surface area (Å²) in [5.74, 6) is -1.41. The Bertz CT molecular complexity index is 471. The fraction of sp³-hybridized carbons (Fsp3) is 0.333. The van der Waals surface area contributed by atoms with Gasteiger partial charge in [0.2, 0.25) is 0 Å². The largest absolute Gasteiger partial charge is 0.462 e. The zero-order chi connectivity index (χ0) is 15.0. The average Bonchev–Trinajstić information content (AvgIpc) is 2.42. The number of nitrogens with one attached hydrogen (secondary N) is 1. The Morgan fingerprint density at radius 2 is 1.55 bits per heavy atom. The first-order chi connectivity index (χ1) is 9.58. The van der Waals surface area contributed by atoms with E-state index in [0.29, 0.717) is 0 Å². The number of carbonyl (C=O) groups excluding carboxylic acids is 2. The standard InChI is InChI=1S/C15H19NO4/c1-4-19-14(17)13(15(18)20-5-2)10-16-12-8-6-11(3)7-9-12/h6-10,16H,4-5H2,1-3H3. The average molecular weight is 277 g/mol. The van der Waals surface area contributed by atoms with E-state index in [4.69, 9.17) is 9.47 Å². The van der Waals surface area contributed by atoms with Gasteiger partial charge in [-0.1, -0.05) is 17.7 Å². The highest BCUT2D eigenvalue weighted by Gasteiger charge is 2.20. The monoisotopic (exact) mass is 277 g/mol. The summed E-state index contributed by atoms with van der Waals surface area (Å²) in [7, 11) is 0. The van der Waals surface area contributed by atoms with Gasteiger partial charge in [0.25, 0.3) is 0 Å². The van der Waals surface area contributed by atoms with Gasteiger partial charge in [0.05, 0.1) is 13.2 Å². The highest BCUT2D eigenvalue weighted by Crippen LogP contribution is 2.10. The third-order valence-electron chi connectivity index (χ3n) is 2.43. The van der Waals surface area contributed by atoms with Crippen LogP contribution < -0.4 is 5.32 Å². The van der Waals surface area contributed by atoms with E-state index in [-0.39, 0.29) is 18.8 Å². The fourth-order valence-electron chi connectivity index (χ4n) is 1.42. The number of rotatable bonds is 6. The van der Waals surface area contributed by atoms with E-state index in [2.05, 4.69) is 5.32 Å². The van der Waals surface area contributed by atoms with Crippen LogP contribution in [0.2, 0.25) is 0 Å².